The van der Waals surface area contributed by atoms with Gasteiger partial charge in [0.1, 0.15) is 11.5 Å². The van der Waals surface area contributed by atoms with Gasteiger partial charge in [-0.15, -0.1) is 0 Å². The van der Waals surface area contributed by atoms with Crippen molar-refractivity contribution in [2.75, 3.05) is 0 Å². The average molecular weight is 707 g/mol. The summed E-state index contributed by atoms with van der Waals surface area (Å²) in [7, 11) is 4.29. The summed E-state index contributed by atoms with van der Waals surface area (Å²) in [6, 6.07) is 61.3. The lowest BCUT2D eigenvalue weighted by Crippen LogP contribution is -1.94. The fourth-order valence-electron chi connectivity index (χ4n) is 9.31. The number of aromatic nitrogens is 4. The molecule has 12 rings (SSSR count). The van der Waals surface area contributed by atoms with Crippen LogP contribution in [0.25, 0.3) is 98.6 Å². The maximum atomic E-state index is 6.72. The van der Waals surface area contributed by atoms with Crippen molar-refractivity contribution < 1.29 is 4.74 Å². The van der Waals surface area contributed by atoms with Gasteiger partial charge in [0, 0.05) is 90.6 Å². The van der Waals surface area contributed by atoms with Gasteiger partial charge in [-0.2, -0.15) is 0 Å². The molecule has 0 saturated carbocycles. The highest BCUT2D eigenvalue weighted by molar-refractivity contribution is 6.13. The molecule has 0 fully saturated rings. The summed E-state index contributed by atoms with van der Waals surface area (Å²) in [5.41, 5.74) is 11.9. The van der Waals surface area contributed by atoms with E-state index in [0.717, 1.165) is 44.7 Å². The summed E-state index contributed by atoms with van der Waals surface area (Å²) in [6.45, 7) is 0. The van der Waals surface area contributed by atoms with Crippen LogP contribution in [0.3, 0.4) is 0 Å². The third kappa shape index (κ3) is 4.23. The molecule has 5 heteroatoms. The molecule has 0 atom stereocenters. The minimum atomic E-state index is 0.810. The van der Waals surface area contributed by atoms with Crippen molar-refractivity contribution in [3.8, 4) is 22.9 Å². The average Bonchev–Trinajstić information content (AvgIpc) is 3.92. The van der Waals surface area contributed by atoms with Crippen molar-refractivity contribution >= 4 is 87.2 Å². The lowest BCUT2D eigenvalue weighted by molar-refractivity contribution is 0.484. The molecule has 0 amide bonds. The third-order valence-corrected chi connectivity index (χ3v) is 11.8. The zero-order valence-electron chi connectivity index (χ0n) is 30.4. The molecule has 0 radical (unpaired) electrons. The first-order valence-electron chi connectivity index (χ1n) is 18.8. The number of hydrogen-bond acceptors (Lipinski definition) is 1. The predicted molar refractivity (Wildman–Crippen MR) is 230 cm³/mol. The van der Waals surface area contributed by atoms with E-state index >= 15 is 0 Å². The summed E-state index contributed by atoms with van der Waals surface area (Å²) >= 11 is 0. The molecule has 0 saturated heterocycles. The van der Waals surface area contributed by atoms with Crippen molar-refractivity contribution in [2.24, 2.45) is 14.1 Å². The first-order valence-corrected chi connectivity index (χ1v) is 18.8. The largest absolute Gasteiger partial charge is 0.457 e. The Labute approximate surface area is 316 Å². The number of benzene rings is 8. The molecule has 0 aliphatic rings. The minimum Gasteiger partial charge on any atom is -0.457 e. The quantitative estimate of drug-likeness (QED) is 0.179. The summed E-state index contributed by atoms with van der Waals surface area (Å²) in [6.07, 6.45) is 0. The van der Waals surface area contributed by atoms with E-state index in [9.17, 15) is 0 Å². The molecule has 55 heavy (non-hydrogen) atoms. The Morgan fingerprint density at radius 2 is 0.600 bits per heavy atom. The van der Waals surface area contributed by atoms with Gasteiger partial charge < -0.3 is 23.0 Å². The van der Waals surface area contributed by atoms with Crippen molar-refractivity contribution in [3.63, 3.8) is 0 Å². The molecule has 4 aromatic heterocycles. The fourth-order valence-corrected chi connectivity index (χ4v) is 9.31. The predicted octanol–water partition coefficient (Wildman–Crippen LogP) is 13.0. The van der Waals surface area contributed by atoms with E-state index in [0.29, 0.717) is 0 Å². The fraction of sp³-hybridized carbons (Fsp3) is 0.0400. The van der Waals surface area contributed by atoms with Crippen LogP contribution in [0.4, 0.5) is 0 Å². The van der Waals surface area contributed by atoms with Gasteiger partial charge in [0.05, 0.1) is 22.1 Å². The molecular formula is C50H34N4O. The number of rotatable bonds is 4. The molecule has 0 aliphatic carbocycles. The normalized spacial score (nSPS) is 12.2. The molecular weight excluding hydrogens is 673 g/mol. The van der Waals surface area contributed by atoms with Gasteiger partial charge in [-0.25, -0.2) is 0 Å². The molecule has 0 bridgehead atoms. The number of hydrogen-bond donors (Lipinski definition) is 0. The maximum absolute atomic E-state index is 6.72. The SMILES string of the molecule is Cn1c2ccccc2c2cc(-n3c4ccccc4c4cc(Oc5ccc6c(c5)c5ccccc5n6-c5ccc6c(c5)c5ccccc5n6C)ccc43)ccc21. The van der Waals surface area contributed by atoms with Crippen LogP contribution < -0.4 is 4.74 Å². The standard InChI is InChI=1S/C50H34N4O/c1-51-43-15-7-3-11-35(43)39-27-31(19-23-45(39)51)53-47-17-9-5-13-37(47)41-29-33(21-25-49(41)53)55-34-22-26-50-42(30-34)38-14-6-10-18-48(38)54(50)32-20-24-46-40(28-32)36-12-4-8-16-44(36)52(46)2/h3-30H,1-2H3. The highest BCUT2D eigenvalue weighted by Gasteiger charge is 2.18. The van der Waals surface area contributed by atoms with E-state index in [1.54, 1.807) is 0 Å². The first-order chi connectivity index (χ1) is 27.1. The van der Waals surface area contributed by atoms with Crippen LogP contribution in [-0.4, -0.2) is 18.3 Å². The van der Waals surface area contributed by atoms with Gasteiger partial charge >= 0.3 is 0 Å². The van der Waals surface area contributed by atoms with Crippen LogP contribution in [0.5, 0.6) is 11.5 Å². The van der Waals surface area contributed by atoms with Crippen molar-refractivity contribution in [3.05, 3.63) is 170 Å². The van der Waals surface area contributed by atoms with Gasteiger partial charge in [0.2, 0.25) is 0 Å². The van der Waals surface area contributed by atoms with E-state index in [4.69, 9.17) is 4.74 Å². The van der Waals surface area contributed by atoms with Crippen molar-refractivity contribution in [2.45, 2.75) is 0 Å². The Balaban J connectivity index is 0.971. The molecule has 0 unspecified atom stereocenters. The summed E-state index contributed by atoms with van der Waals surface area (Å²) in [4.78, 5) is 0. The Morgan fingerprint density at radius 3 is 1.04 bits per heavy atom. The number of nitrogens with zero attached hydrogens (tertiary/aromatic N) is 4. The number of para-hydroxylation sites is 4. The van der Waals surface area contributed by atoms with Crippen LogP contribution >= 0.6 is 0 Å². The van der Waals surface area contributed by atoms with Crippen LogP contribution in [0.15, 0.2) is 170 Å². The van der Waals surface area contributed by atoms with Crippen molar-refractivity contribution in [1.82, 2.24) is 18.3 Å². The Kier molecular flexibility index (Phi) is 6.12. The Hall–Kier alpha value is -7.24. The van der Waals surface area contributed by atoms with Gasteiger partial charge in [-0.1, -0.05) is 72.8 Å². The number of ether oxygens (including phenoxy) is 1. The van der Waals surface area contributed by atoms with Crippen LogP contribution in [0, 0.1) is 0 Å². The maximum Gasteiger partial charge on any atom is 0.128 e. The van der Waals surface area contributed by atoms with Crippen molar-refractivity contribution in [1.29, 1.82) is 0 Å². The third-order valence-electron chi connectivity index (χ3n) is 11.8. The second kappa shape index (κ2) is 11.1. The van der Waals surface area contributed by atoms with Gasteiger partial charge in [-0.3, -0.25) is 0 Å². The Bertz CT molecular complexity index is 3320. The molecule has 4 heterocycles. The van der Waals surface area contributed by atoms with Crippen LogP contribution in [0.1, 0.15) is 0 Å². The number of fused-ring (bicyclic) bond motifs is 12. The molecule has 8 aromatic carbocycles. The van der Waals surface area contributed by atoms with E-state index in [-0.39, 0.29) is 0 Å². The highest BCUT2D eigenvalue weighted by atomic mass is 16.5. The van der Waals surface area contributed by atoms with E-state index in [2.05, 4.69) is 202 Å². The van der Waals surface area contributed by atoms with E-state index < -0.39 is 0 Å². The molecule has 0 N–H and O–H groups in total. The summed E-state index contributed by atoms with van der Waals surface area (Å²) < 4.78 is 16.0. The lowest BCUT2D eigenvalue weighted by Gasteiger charge is -2.11. The van der Waals surface area contributed by atoms with E-state index in [1.807, 2.05) is 0 Å². The van der Waals surface area contributed by atoms with Gasteiger partial charge in [-0.05, 0) is 97.1 Å². The van der Waals surface area contributed by atoms with Gasteiger partial charge in [0.25, 0.3) is 0 Å². The summed E-state index contributed by atoms with van der Waals surface area (Å²) in [5.74, 6) is 1.62. The molecule has 260 valence electrons. The second-order valence-electron chi connectivity index (χ2n) is 14.7. The number of aryl methyl sites for hydroxylation is 2. The molecule has 12 aromatic rings. The molecule has 5 nitrogen and oxygen atoms in total. The first kappa shape index (κ1) is 30.2. The second-order valence-corrected chi connectivity index (χ2v) is 14.7. The van der Waals surface area contributed by atoms with E-state index in [1.165, 1.54) is 65.4 Å². The summed E-state index contributed by atoms with van der Waals surface area (Å²) in [5, 5.41) is 9.76. The highest BCUT2D eigenvalue weighted by Crippen LogP contribution is 2.40. The lowest BCUT2D eigenvalue weighted by atomic mass is 10.1. The minimum absolute atomic E-state index is 0.810. The molecule has 0 spiro atoms. The van der Waals surface area contributed by atoms with Crippen LogP contribution in [-0.2, 0) is 14.1 Å². The topological polar surface area (TPSA) is 28.9 Å². The Morgan fingerprint density at radius 1 is 0.291 bits per heavy atom. The zero-order chi connectivity index (χ0) is 36.4. The monoisotopic (exact) mass is 706 g/mol. The van der Waals surface area contributed by atoms with Crippen LogP contribution in [0.2, 0.25) is 0 Å². The smallest absolute Gasteiger partial charge is 0.128 e. The molecule has 0 aliphatic heterocycles. The van der Waals surface area contributed by atoms with Gasteiger partial charge in [0.15, 0.2) is 0 Å². The zero-order valence-corrected chi connectivity index (χ0v) is 30.4.